The van der Waals surface area contributed by atoms with Crippen LogP contribution >= 0.6 is 0 Å². The van der Waals surface area contributed by atoms with Crippen molar-refractivity contribution in [3.05, 3.63) is 47.7 Å². The molecule has 3 N–H and O–H groups in total. The number of para-hydroxylation sites is 1. The molecular weight excluding hydrogens is 284 g/mol. The fourth-order valence-electron chi connectivity index (χ4n) is 2.75. The van der Waals surface area contributed by atoms with Crippen molar-refractivity contribution in [1.29, 1.82) is 0 Å². The van der Waals surface area contributed by atoms with Crippen molar-refractivity contribution in [3.63, 3.8) is 0 Å². The van der Waals surface area contributed by atoms with Gasteiger partial charge >= 0.3 is 0 Å². The Morgan fingerprint density at radius 3 is 2.78 bits per heavy atom. The molecule has 2 aromatic rings. The van der Waals surface area contributed by atoms with Gasteiger partial charge in [-0.1, -0.05) is 37.3 Å². The fourth-order valence-corrected chi connectivity index (χ4v) is 2.75. The molecule has 0 unspecified atom stereocenters. The van der Waals surface area contributed by atoms with E-state index in [1.807, 2.05) is 14.0 Å². The number of aromatic nitrogens is 1. The van der Waals surface area contributed by atoms with Gasteiger partial charge in [0, 0.05) is 37.2 Å². The molecule has 0 aliphatic rings. The predicted octanol–water partition coefficient (Wildman–Crippen LogP) is 3.40. The van der Waals surface area contributed by atoms with Gasteiger partial charge in [-0.3, -0.25) is 4.99 Å². The second-order valence-electron chi connectivity index (χ2n) is 5.54. The number of fused-ring (bicyclic) bond motifs is 1. The summed E-state index contributed by atoms with van der Waals surface area (Å²) in [4.78, 5) is 7.68. The van der Waals surface area contributed by atoms with Gasteiger partial charge in [0.25, 0.3) is 0 Å². The Balaban J connectivity index is 1.88. The lowest BCUT2D eigenvalue weighted by atomic mass is 10.1. The van der Waals surface area contributed by atoms with Gasteiger partial charge in [0.05, 0.1) is 0 Å². The van der Waals surface area contributed by atoms with Crippen molar-refractivity contribution in [1.82, 2.24) is 15.6 Å². The van der Waals surface area contributed by atoms with Crippen LogP contribution in [0.1, 0.15) is 31.4 Å². The molecule has 0 atom stereocenters. The highest BCUT2D eigenvalue weighted by molar-refractivity contribution is 5.86. The van der Waals surface area contributed by atoms with Gasteiger partial charge in [0.15, 0.2) is 5.96 Å². The minimum atomic E-state index is 0.864. The zero-order valence-corrected chi connectivity index (χ0v) is 14.4. The van der Waals surface area contributed by atoms with E-state index in [1.165, 1.54) is 22.0 Å². The topological polar surface area (TPSA) is 52.2 Å². The van der Waals surface area contributed by atoms with Crippen molar-refractivity contribution in [2.24, 2.45) is 4.99 Å². The average molecular weight is 312 g/mol. The van der Waals surface area contributed by atoms with Crippen LogP contribution in [0, 0.1) is 0 Å². The molecule has 1 aromatic heterocycles. The molecular formula is C19H28N4. The maximum Gasteiger partial charge on any atom is 0.190 e. The maximum atomic E-state index is 4.26. The van der Waals surface area contributed by atoms with E-state index in [0.717, 1.165) is 38.3 Å². The molecule has 4 nitrogen and oxygen atoms in total. The van der Waals surface area contributed by atoms with Crippen molar-refractivity contribution in [3.8, 4) is 0 Å². The monoisotopic (exact) mass is 312 g/mol. The molecule has 1 heterocycles. The number of guanidine groups is 1. The number of nitrogens with one attached hydrogen (secondary N) is 3. The van der Waals surface area contributed by atoms with E-state index in [4.69, 9.17) is 0 Å². The lowest BCUT2D eigenvalue weighted by Gasteiger charge is -2.10. The number of hydrogen-bond donors (Lipinski definition) is 3. The maximum absolute atomic E-state index is 4.26. The Morgan fingerprint density at radius 2 is 2.04 bits per heavy atom. The molecule has 0 amide bonds. The van der Waals surface area contributed by atoms with Gasteiger partial charge in [0.1, 0.15) is 0 Å². The molecule has 0 fully saturated rings. The first-order valence-electron chi connectivity index (χ1n) is 8.43. The smallest absolute Gasteiger partial charge is 0.190 e. The highest BCUT2D eigenvalue weighted by atomic mass is 15.2. The number of aliphatic imine (C=N–C) groups is 1. The van der Waals surface area contributed by atoms with Crippen LogP contribution < -0.4 is 10.6 Å². The van der Waals surface area contributed by atoms with Gasteiger partial charge in [-0.15, -0.1) is 0 Å². The van der Waals surface area contributed by atoms with E-state index in [0.29, 0.717) is 0 Å². The third-order valence-electron chi connectivity index (χ3n) is 4.02. The Morgan fingerprint density at radius 1 is 1.22 bits per heavy atom. The molecule has 0 bridgehead atoms. The van der Waals surface area contributed by atoms with E-state index < -0.39 is 0 Å². The molecule has 2 rings (SSSR count). The lowest BCUT2D eigenvalue weighted by Crippen LogP contribution is -2.38. The molecule has 0 radical (unpaired) electrons. The van der Waals surface area contributed by atoms with Crippen molar-refractivity contribution in [2.75, 3.05) is 20.1 Å². The number of hydrogen-bond acceptors (Lipinski definition) is 1. The van der Waals surface area contributed by atoms with E-state index >= 15 is 0 Å². The predicted molar refractivity (Wildman–Crippen MR) is 100 cm³/mol. The number of allylic oxidation sites excluding steroid dienone is 1. The number of benzene rings is 1. The van der Waals surface area contributed by atoms with E-state index in [2.05, 4.69) is 64.1 Å². The van der Waals surface area contributed by atoms with Gasteiger partial charge in [-0.05, 0) is 37.3 Å². The Kier molecular flexibility index (Phi) is 6.73. The summed E-state index contributed by atoms with van der Waals surface area (Å²) in [5.41, 5.74) is 4.01. The van der Waals surface area contributed by atoms with Crippen molar-refractivity contribution in [2.45, 2.75) is 33.1 Å². The van der Waals surface area contributed by atoms with Gasteiger partial charge < -0.3 is 15.6 Å². The molecule has 23 heavy (non-hydrogen) atoms. The second kappa shape index (κ2) is 9.03. The summed E-state index contributed by atoms with van der Waals surface area (Å²) in [5, 5.41) is 8.03. The molecule has 1 aromatic carbocycles. The van der Waals surface area contributed by atoms with Gasteiger partial charge in [-0.25, -0.2) is 0 Å². The van der Waals surface area contributed by atoms with Gasteiger partial charge in [-0.2, -0.15) is 0 Å². The summed E-state index contributed by atoms with van der Waals surface area (Å²) in [5.74, 6) is 0.864. The first-order chi connectivity index (χ1) is 11.3. The highest BCUT2D eigenvalue weighted by Crippen LogP contribution is 2.22. The quantitative estimate of drug-likeness (QED) is 0.318. The summed E-state index contributed by atoms with van der Waals surface area (Å²) < 4.78 is 0. The Hall–Kier alpha value is -2.23. The molecule has 0 aliphatic carbocycles. The summed E-state index contributed by atoms with van der Waals surface area (Å²) in [7, 11) is 1.81. The largest absolute Gasteiger partial charge is 0.361 e. The second-order valence-corrected chi connectivity index (χ2v) is 5.54. The van der Waals surface area contributed by atoms with Crippen LogP contribution in [0.4, 0.5) is 0 Å². The normalized spacial score (nSPS) is 12.2. The number of aromatic amines is 1. The summed E-state index contributed by atoms with van der Waals surface area (Å²) in [6.07, 6.45) is 9.39. The highest BCUT2D eigenvalue weighted by Gasteiger charge is 2.06. The van der Waals surface area contributed by atoms with Crippen LogP contribution in [0.2, 0.25) is 0 Å². The van der Waals surface area contributed by atoms with Crippen LogP contribution in [-0.4, -0.2) is 31.1 Å². The third-order valence-corrected chi connectivity index (χ3v) is 4.02. The number of nitrogens with zero attached hydrogens (tertiary/aromatic N) is 1. The fraction of sp³-hybridized carbons (Fsp3) is 0.421. The van der Waals surface area contributed by atoms with Crippen LogP contribution in [-0.2, 0) is 12.8 Å². The minimum absolute atomic E-state index is 0.864. The van der Waals surface area contributed by atoms with Crippen molar-refractivity contribution >= 4 is 16.9 Å². The Bertz CT molecular complexity index is 667. The Labute approximate surface area is 139 Å². The first-order valence-corrected chi connectivity index (χ1v) is 8.43. The zero-order chi connectivity index (χ0) is 16.5. The molecule has 0 aliphatic heterocycles. The van der Waals surface area contributed by atoms with Crippen LogP contribution in [0.3, 0.4) is 0 Å². The molecule has 4 heteroatoms. The lowest BCUT2D eigenvalue weighted by molar-refractivity contribution is 0.793. The van der Waals surface area contributed by atoms with Crippen LogP contribution in [0.5, 0.6) is 0 Å². The van der Waals surface area contributed by atoms with Crippen LogP contribution in [0.15, 0.2) is 41.5 Å². The third kappa shape index (κ3) is 4.62. The number of aryl methyl sites for hydroxylation is 1. The number of rotatable bonds is 7. The SMILES string of the molecule is C/C=C/CCNC(=NC)NCCc1c[nH]c2c(CC)cccc12. The molecule has 0 saturated heterocycles. The van der Waals surface area contributed by atoms with Crippen molar-refractivity contribution < 1.29 is 0 Å². The van der Waals surface area contributed by atoms with Crippen LogP contribution in [0.25, 0.3) is 10.9 Å². The molecule has 124 valence electrons. The summed E-state index contributed by atoms with van der Waals surface area (Å²) in [6, 6.07) is 6.54. The molecule has 0 saturated carbocycles. The molecule has 0 spiro atoms. The summed E-state index contributed by atoms with van der Waals surface area (Å²) in [6.45, 7) is 6.00. The average Bonchev–Trinajstić information content (AvgIpc) is 3.00. The zero-order valence-electron chi connectivity index (χ0n) is 14.4. The van der Waals surface area contributed by atoms with E-state index in [-0.39, 0.29) is 0 Å². The van der Waals surface area contributed by atoms with Gasteiger partial charge in [0.2, 0.25) is 0 Å². The van der Waals surface area contributed by atoms with E-state index in [9.17, 15) is 0 Å². The standard InChI is InChI=1S/C19H28N4/c1-4-6-7-12-21-19(20-3)22-13-11-16-14-23-18-15(5-2)9-8-10-17(16)18/h4,6,8-10,14,23H,5,7,11-13H2,1-3H3,(H2,20,21,22)/b6-4+. The number of H-pyrrole nitrogens is 1. The summed E-state index contributed by atoms with van der Waals surface area (Å²) >= 11 is 0. The van der Waals surface area contributed by atoms with E-state index in [1.54, 1.807) is 0 Å². The first kappa shape index (κ1) is 17.1. The minimum Gasteiger partial charge on any atom is -0.361 e.